The van der Waals surface area contributed by atoms with Crippen LogP contribution in [0, 0.1) is 0 Å². The number of anilines is 1. The third-order valence-electron chi connectivity index (χ3n) is 5.01. The normalized spacial score (nSPS) is 16.0. The average Bonchev–Trinajstić information content (AvgIpc) is 3.04. The Morgan fingerprint density at radius 1 is 1.36 bits per heavy atom. The fourth-order valence-electron chi connectivity index (χ4n) is 3.47. The van der Waals surface area contributed by atoms with Gasteiger partial charge in [-0.2, -0.15) is 0 Å². The molecule has 2 aromatic rings. The van der Waals surface area contributed by atoms with Crippen LogP contribution in [0.15, 0.2) is 29.2 Å². The van der Waals surface area contributed by atoms with E-state index in [1.54, 1.807) is 17.8 Å². The van der Waals surface area contributed by atoms with Gasteiger partial charge in [0, 0.05) is 16.9 Å². The minimum absolute atomic E-state index is 0.199. The van der Waals surface area contributed by atoms with Crippen LogP contribution in [0.1, 0.15) is 51.9 Å². The third-order valence-corrected chi connectivity index (χ3v) is 7.04. The Hall–Kier alpha value is -1.83. The van der Waals surface area contributed by atoms with Crippen LogP contribution >= 0.6 is 23.1 Å². The molecule has 5 nitrogen and oxygen atoms in total. The molecule has 3 rings (SSSR count). The molecule has 1 aliphatic heterocycles. The number of esters is 1. The van der Waals surface area contributed by atoms with E-state index in [0.717, 1.165) is 35.7 Å². The first-order valence-electron chi connectivity index (χ1n) is 9.56. The molecular weight excluding hydrogens is 392 g/mol. The van der Waals surface area contributed by atoms with Crippen molar-refractivity contribution in [1.82, 2.24) is 0 Å². The van der Waals surface area contributed by atoms with Crippen LogP contribution < -0.4 is 10.2 Å². The van der Waals surface area contributed by atoms with Gasteiger partial charge in [-0.05, 0) is 43.4 Å². The molecule has 1 unspecified atom stereocenters. The number of thioether (sulfide) groups is 1. The van der Waals surface area contributed by atoms with Crippen LogP contribution in [0.3, 0.4) is 0 Å². The van der Waals surface area contributed by atoms with Gasteiger partial charge in [-0.1, -0.05) is 13.0 Å². The number of carbonyl (C=O) groups is 2. The lowest BCUT2D eigenvalue weighted by Gasteiger charge is -2.27. The second kappa shape index (κ2) is 9.11. The number of methoxy groups -OCH3 is 1. The average molecular weight is 420 g/mol. The Morgan fingerprint density at radius 2 is 2.14 bits per heavy atom. The summed E-state index contributed by atoms with van der Waals surface area (Å²) in [7, 11) is 1.39. The second-order valence-electron chi connectivity index (χ2n) is 7.10. The molecule has 2 N–H and O–H groups in total. The lowest BCUT2D eigenvalue weighted by atomic mass is 10.0. The highest BCUT2D eigenvalue weighted by Gasteiger charge is 2.32. The molecule has 1 amide bonds. The van der Waals surface area contributed by atoms with Crippen molar-refractivity contribution in [3.63, 3.8) is 0 Å². The van der Waals surface area contributed by atoms with Crippen molar-refractivity contribution in [1.29, 1.82) is 0 Å². The molecule has 0 spiro atoms. The summed E-state index contributed by atoms with van der Waals surface area (Å²) in [6, 6.07) is 8.09. The topological polar surface area (TPSA) is 59.8 Å². The van der Waals surface area contributed by atoms with E-state index in [0.29, 0.717) is 22.2 Å². The van der Waals surface area contributed by atoms with E-state index in [4.69, 9.17) is 4.74 Å². The lowest BCUT2D eigenvalue weighted by Crippen LogP contribution is -3.14. The van der Waals surface area contributed by atoms with E-state index in [2.05, 4.69) is 26.1 Å². The standard InChI is InChI=1S/C21H26N2O3S2/c1-5-27-15-8-6-7-14(11-15)19(24)22-20-18(21(25)26-4)16-9-10-23(13(2)3)12-17(16)28-20/h6-8,11,13H,5,9-10,12H2,1-4H3,(H,22,24)/p+1. The van der Waals surface area contributed by atoms with E-state index in [9.17, 15) is 9.59 Å². The Balaban J connectivity index is 1.90. The molecule has 150 valence electrons. The molecule has 0 fully saturated rings. The van der Waals surface area contributed by atoms with E-state index < -0.39 is 0 Å². The van der Waals surface area contributed by atoms with Crippen LogP contribution in [0.25, 0.3) is 0 Å². The summed E-state index contributed by atoms with van der Waals surface area (Å²) < 4.78 is 5.02. The van der Waals surface area contributed by atoms with Crippen molar-refractivity contribution in [3.05, 3.63) is 45.8 Å². The number of benzene rings is 1. The number of nitrogens with one attached hydrogen (secondary N) is 2. The van der Waals surface area contributed by atoms with Gasteiger partial charge < -0.3 is 15.0 Å². The van der Waals surface area contributed by atoms with E-state index >= 15 is 0 Å². The van der Waals surface area contributed by atoms with E-state index in [1.807, 2.05) is 18.2 Å². The minimum atomic E-state index is -0.379. The summed E-state index contributed by atoms with van der Waals surface area (Å²) in [6.45, 7) is 8.35. The maximum absolute atomic E-state index is 12.8. The maximum atomic E-state index is 12.8. The number of carbonyl (C=O) groups excluding carboxylic acids is 2. The van der Waals surface area contributed by atoms with Crippen LogP contribution in [0.4, 0.5) is 5.00 Å². The fourth-order valence-corrected chi connectivity index (χ4v) is 5.47. The van der Waals surface area contributed by atoms with Gasteiger partial charge in [0.1, 0.15) is 11.5 Å². The van der Waals surface area contributed by atoms with Crippen molar-refractivity contribution in [2.45, 2.75) is 44.7 Å². The number of hydrogen-bond donors (Lipinski definition) is 2. The molecule has 1 aromatic carbocycles. The molecule has 1 aliphatic rings. The second-order valence-corrected chi connectivity index (χ2v) is 9.55. The number of ether oxygens (including phenoxy) is 1. The van der Waals surface area contributed by atoms with Crippen molar-refractivity contribution >= 4 is 40.0 Å². The summed E-state index contributed by atoms with van der Waals surface area (Å²) in [4.78, 5) is 29.0. The Bertz CT molecular complexity index is 877. The van der Waals surface area contributed by atoms with Gasteiger partial charge in [-0.3, -0.25) is 4.79 Å². The molecule has 7 heteroatoms. The molecule has 2 heterocycles. The SMILES string of the molecule is CCSc1cccc(C(=O)Nc2sc3c(c2C(=O)OC)CC[NH+](C(C)C)C3)c1. The quantitative estimate of drug-likeness (QED) is 0.557. The first-order chi connectivity index (χ1) is 13.4. The smallest absolute Gasteiger partial charge is 0.341 e. The Labute approximate surface area is 174 Å². The zero-order valence-electron chi connectivity index (χ0n) is 16.8. The van der Waals surface area contributed by atoms with Gasteiger partial charge in [-0.25, -0.2) is 4.79 Å². The highest BCUT2D eigenvalue weighted by Crippen LogP contribution is 2.35. The van der Waals surface area contributed by atoms with Gasteiger partial charge in [0.2, 0.25) is 0 Å². The molecular formula is C21H27N2O3S2+. The summed E-state index contributed by atoms with van der Waals surface area (Å²) in [5.74, 6) is 0.371. The van der Waals surface area contributed by atoms with Crippen molar-refractivity contribution in [2.75, 3.05) is 24.7 Å². The molecule has 0 aliphatic carbocycles. The maximum Gasteiger partial charge on any atom is 0.341 e. The molecule has 0 radical (unpaired) electrons. The van der Waals surface area contributed by atoms with Crippen molar-refractivity contribution < 1.29 is 19.2 Å². The largest absolute Gasteiger partial charge is 0.465 e. The van der Waals surface area contributed by atoms with Gasteiger partial charge in [0.15, 0.2) is 0 Å². The number of fused-ring (bicyclic) bond motifs is 1. The molecule has 0 saturated carbocycles. The predicted molar refractivity (Wildman–Crippen MR) is 115 cm³/mol. The fraction of sp³-hybridized carbons (Fsp3) is 0.429. The summed E-state index contributed by atoms with van der Waals surface area (Å²) >= 11 is 3.20. The van der Waals surface area contributed by atoms with E-state index in [-0.39, 0.29) is 11.9 Å². The van der Waals surface area contributed by atoms with E-state index in [1.165, 1.54) is 28.2 Å². The van der Waals surface area contributed by atoms with Crippen molar-refractivity contribution in [2.24, 2.45) is 0 Å². The highest BCUT2D eigenvalue weighted by molar-refractivity contribution is 7.99. The number of hydrogen-bond acceptors (Lipinski definition) is 5. The minimum Gasteiger partial charge on any atom is -0.465 e. The van der Waals surface area contributed by atoms with Crippen LogP contribution in [0.5, 0.6) is 0 Å². The number of quaternary nitrogens is 1. The van der Waals surface area contributed by atoms with Crippen LogP contribution in [0.2, 0.25) is 0 Å². The van der Waals surface area contributed by atoms with Gasteiger partial charge in [0.05, 0.1) is 30.1 Å². The van der Waals surface area contributed by atoms with Crippen LogP contribution in [-0.2, 0) is 17.7 Å². The van der Waals surface area contributed by atoms with Gasteiger partial charge >= 0.3 is 5.97 Å². The zero-order valence-corrected chi connectivity index (χ0v) is 18.4. The third kappa shape index (κ3) is 4.42. The van der Waals surface area contributed by atoms with Gasteiger partial charge in [0.25, 0.3) is 5.91 Å². The lowest BCUT2D eigenvalue weighted by molar-refractivity contribution is -0.936. The molecule has 0 bridgehead atoms. The molecule has 1 aromatic heterocycles. The summed E-state index contributed by atoms with van der Waals surface area (Å²) in [5, 5.41) is 3.57. The van der Waals surface area contributed by atoms with Crippen molar-refractivity contribution in [3.8, 4) is 0 Å². The first-order valence-corrected chi connectivity index (χ1v) is 11.4. The molecule has 1 atom stereocenters. The van der Waals surface area contributed by atoms with Gasteiger partial charge in [-0.15, -0.1) is 23.1 Å². The first kappa shape index (κ1) is 20.9. The molecule has 28 heavy (non-hydrogen) atoms. The number of rotatable bonds is 6. The monoisotopic (exact) mass is 419 g/mol. The zero-order chi connectivity index (χ0) is 20.3. The summed E-state index contributed by atoms with van der Waals surface area (Å²) in [6.07, 6.45) is 0.822. The number of thiophene rings is 1. The Kier molecular flexibility index (Phi) is 6.80. The summed E-state index contributed by atoms with van der Waals surface area (Å²) in [5.41, 5.74) is 2.15. The number of amides is 1. The van der Waals surface area contributed by atoms with Crippen LogP contribution in [-0.4, -0.2) is 37.3 Å². The highest BCUT2D eigenvalue weighted by atomic mass is 32.2. The molecule has 0 saturated heterocycles. The Morgan fingerprint density at radius 3 is 2.82 bits per heavy atom. The predicted octanol–water partition coefficient (Wildman–Crippen LogP) is 3.25.